The number of hydrogen-bond donors (Lipinski definition) is 1. The molecule has 0 aromatic carbocycles. The third-order valence-electron chi connectivity index (χ3n) is 4.94. The largest absolute Gasteiger partial charge is 0.327 e. The van der Waals surface area contributed by atoms with Gasteiger partial charge in [-0.15, -0.1) is 0 Å². The van der Waals surface area contributed by atoms with Crippen molar-refractivity contribution in [2.24, 2.45) is 0 Å². The highest BCUT2D eigenvalue weighted by Crippen LogP contribution is 2.44. The molecule has 3 aliphatic rings. The van der Waals surface area contributed by atoms with Crippen molar-refractivity contribution in [1.29, 1.82) is 0 Å². The molecule has 1 saturated heterocycles. The molecule has 0 aromatic rings. The first kappa shape index (κ1) is 11.8. The Bertz CT molecular complexity index is 316. The maximum absolute atomic E-state index is 12.5. The van der Waals surface area contributed by atoms with E-state index in [0.29, 0.717) is 10.7 Å². The average molecular weight is 254 g/mol. The number of nitrogens with one attached hydrogen (secondary N) is 1. The predicted molar refractivity (Wildman–Crippen MR) is 71.0 cm³/mol. The Labute approximate surface area is 108 Å². The molecular formula is C13H22N2OS. The summed E-state index contributed by atoms with van der Waals surface area (Å²) in [5.74, 6) is 0.385. The van der Waals surface area contributed by atoms with Gasteiger partial charge in [0.05, 0.1) is 12.2 Å². The van der Waals surface area contributed by atoms with Crippen molar-refractivity contribution in [2.75, 3.05) is 19.5 Å². The van der Waals surface area contributed by atoms with Crippen LogP contribution in [0.4, 0.5) is 0 Å². The van der Waals surface area contributed by atoms with Gasteiger partial charge in [-0.3, -0.25) is 10.1 Å². The number of carbonyl (C=O) groups is 1. The highest BCUT2D eigenvalue weighted by molar-refractivity contribution is 8.00. The summed E-state index contributed by atoms with van der Waals surface area (Å²) in [6.07, 6.45) is 10.6. The van der Waals surface area contributed by atoms with Gasteiger partial charge < -0.3 is 4.90 Å². The zero-order valence-electron chi connectivity index (χ0n) is 10.6. The molecule has 0 unspecified atom stereocenters. The van der Waals surface area contributed by atoms with Gasteiger partial charge in [0.1, 0.15) is 0 Å². The van der Waals surface area contributed by atoms with E-state index in [0.717, 1.165) is 26.1 Å². The molecule has 0 radical (unpaired) electrons. The molecule has 1 amide bonds. The molecule has 1 heterocycles. The first-order valence-corrected chi connectivity index (χ1v) is 8.02. The van der Waals surface area contributed by atoms with Gasteiger partial charge in [-0.05, 0) is 31.9 Å². The third kappa shape index (κ3) is 1.80. The number of amides is 1. The van der Waals surface area contributed by atoms with Crippen molar-refractivity contribution in [3.8, 4) is 0 Å². The monoisotopic (exact) mass is 254 g/mol. The van der Waals surface area contributed by atoms with E-state index in [1.165, 1.54) is 32.1 Å². The minimum absolute atomic E-state index is 0.163. The van der Waals surface area contributed by atoms with Crippen LogP contribution in [0.3, 0.4) is 0 Å². The second-order valence-electron chi connectivity index (χ2n) is 5.87. The SMILES string of the molecule is CSC1(CN2CNC3(CCCC3)C2=O)CCC1. The first-order valence-electron chi connectivity index (χ1n) is 6.79. The summed E-state index contributed by atoms with van der Waals surface area (Å²) in [5, 5.41) is 3.49. The van der Waals surface area contributed by atoms with E-state index in [-0.39, 0.29) is 5.54 Å². The van der Waals surface area contributed by atoms with Crippen LogP contribution in [0.5, 0.6) is 0 Å². The molecule has 3 fully saturated rings. The minimum Gasteiger partial charge on any atom is -0.327 e. The van der Waals surface area contributed by atoms with Crippen LogP contribution in [0.2, 0.25) is 0 Å². The average Bonchev–Trinajstić information content (AvgIpc) is 2.87. The molecule has 17 heavy (non-hydrogen) atoms. The fraction of sp³-hybridized carbons (Fsp3) is 0.923. The van der Waals surface area contributed by atoms with Crippen LogP contribution in [0.25, 0.3) is 0 Å². The van der Waals surface area contributed by atoms with Crippen LogP contribution in [0, 0.1) is 0 Å². The lowest BCUT2D eigenvalue weighted by Gasteiger charge is -2.43. The maximum Gasteiger partial charge on any atom is 0.244 e. The van der Waals surface area contributed by atoms with Gasteiger partial charge in [0.15, 0.2) is 0 Å². The van der Waals surface area contributed by atoms with Gasteiger partial charge in [0.2, 0.25) is 5.91 Å². The van der Waals surface area contributed by atoms with Crippen molar-refractivity contribution in [2.45, 2.75) is 55.2 Å². The summed E-state index contributed by atoms with van der Waals surface area (Å²) in [6, 6.07) is 0. The number of hydrogen-bond acceptors (Lipinski definition) is 3. The first-order chi connectivity index (χ1) is 8.20. The fourth-order valence-corrected chi connectivity index (χ4v) is 4.52. The molecule has 3 rings (SSSR count). The van der Waals surface area contributed by atoms with Crippen LogP contribution in [0.15, 0.2) is 0 Å². The van der Waals surface area contributed by atoms with Crippen LogP contribution in [-0.2, 0) is 4.79 Å². The summed E-state index contributed by atoms with van der Waals surface area (Å²) < 4.78 is 0.376. The Morgan fingerprint density at radius 2 is 1.94 bits per heavy atom. The molecule has 0 aromatic heterocycles. The summed E-state index contributed by atoms with van der Waals surface area (Å²) in [5.41, 5.74) is -0.163. The van der Waals surface area contributed by atoms with Gasteiger partial charge >= 0.3 is 0 Å². The standard InChI is InChI=1S/C13H22N2OS/c1-17-12(5-4-6-12)9-15-10-14-13(11(15)16)7-2-3-8-13/h14H,2-10H2,1H3. The molecule has 0 atom stereocenters. The van der Waals surface area contributed by atoms with Gasteiger partial charge in [-0.2, -0.15) is 11.8 Å². The predicted octanol–water partition coefficient (Wildman–Crippen LogP) is 1.97. The minimum atomic E-state index is -0.163. The number of rotatable bonds is 3. The third-order valence-corrected chi connectivity index (χ3v) is 6.34. The topological polar surface area (TPSA) is 32.3 Å². The lowest BCUT2D eigenvalue weighted by Crippen LogP contribution is -2.48. The van der Waals surface area contributed by atoms with E-state index in [2.05, 4.69) is 16.5 Å². The summed E-state index contributed by atoms with van der Waals surface area (Å²) in [4.78, 5) is 14.6. The normalized spacial score (nSPS) is 29.9. The van der Waals surface area contributed by atoms with Gasteiger partial charge in [0, 0.05) is 11.3 Å². The second kappa shape index (κ2) is 4.16. The van der Waals surface area contributed by atoms with Crippen molar-refractivity contribution < 1.29 is 4.79 Å². The van der Waals surface area contributed by atoms with E-state index >= 15 is 0 Å². The molecule has 1 spiro atoms. The molecule has 1 N–H and O–H groups in total. The number of carbonyl (C=O) groups excluding carboxylic acids is 1. The van der Waals surface area contributed by atoms with E-state index in [1.807, 2.05) is 11.8 Å². The molecule has 2 aliphatic carbocycles. The van der Waals surface area contributed by atoms with E-state index in [4.69, 9.17) is 0 Å². The fourth-order valence-electron chi connectivity index (χ4n) is 3.54. The van der Waals surface area contributed by atoms with Crippen molar-refractivity contribution >= 4 is 17.7 Å². The van der Waals surface area contributed by atoms with Crippen LogP contribution >= 0.6 is 11.8 Å². The molecule has 2 saturated carbocycles. The summed E-state index contributed by atoms with van der Waals surface area (Å²) in [6.45, 7) is 1.74. The quantitative estimate of drug-likeness (QED) is 0.836. The molecular weight excluding hydrogens is 232 g/mol. The summed E-state index contributed by atoms with van der Waals surface area (Å²) in [7, 11) is 0. The highest BCUT2D eigenvalue weighted by atomic mass is 32.2. The van der Waals surface area contributed by atoms with Crippen LogP contribution < -0.4 is 5.32 Å². The van der Waals surface area contributed by atoms with Crippen molar-refractivity contribution in [1.82, 2.24) is 10.2 Å². The molecule has 96 valence electrons. The molecule has 3 nitrogen and oxygen atoms in total. The van der Waals surface area contributed by atoms with Gasteiger partial charge in [-0.25, -0.2) is 0 Å². The Balaban J connectivity index is 1.68. The molecule has 1 aliphatic heterocycles. The van der Waals surface area contributed by atoms with Gasteiger partial charge in [0.25, 0.3) is 0 Å². The smallest absolute Gasteiger partial charge is 0.244 e. The van der Waals surface area contributed by atoms with E-state index in [9.17, 15) is 4.79 Å². The Hall–Kier alpha value is -0.220. The van der Waals surface area contributed by atoms with Crippen LogP contribution in [0.1, 0.15) is 44.9 Å². The summed E-state index contributed by atoms with van der Waals surface area (Å²) >= 11 is 1.96. The maximum atomic E-state index is 12.5. The lowest BCUT2D eigenvalue weighted by molar-refractivity contribution is -0.132. The molecule has 0 bridgehead atoms. The highest BCUT2D eigenvalue weighted by Gasteiger charge is 2.50. The number of thioether (sulfide) groups is 1. The second-order valence-corrected chi connectivity index (χ2v) is 7.14. The van der Waals surface area contributed by atoms with E-state index < -0.39 is 0 Å². The Morgan fingerprint density at radius 3 is 2.47 bits per heavy atom. The van der Waals surface area contributed by atoms with Gasteiger partial charge in [-0.1, -0.05) is 19.3 Å². The number of nitrogens with zero attached hydrogens (tertiary/aromatic N) is 1. The lowest BCUT2D eigenvalue weighted by atomic mass is 9.83. The van der Waals surface area contributed by atoms with Crippen LogP contribution in [-0.4, -0.2) is 40.6 Å². The van der Waals surface area contributed by atoms with Crippen molar-refractivity contribution in [3.63, 3.8) is 0 Å². The Morgan fingerprint density at radius 1 is 1.24 bits per heavy atom. The van der Waals surface area contributed by atoms with E-state index in [1.54, 1.807) is 0 Å². The zero-order valence-corrected chi connectivity index (χ0v) is 11.4. The van der Waals surface area contributed by atoms with Crippen molar-refractivity contribution in [3.05, 3.63) is 0 Å². The Kier molecular flexibility index (Phi) is 2.90. The molecule has 4 heteroatoms. The zero-order chi connectivity index (χ0) is 11.9.